The number of unbranched alkanes of at least 4 members (excludes halogenated alkanes) is 2. The molecule has 7 nitrogen and oxygen atoms in total. The van der Waals surface area contributed by atoms with Crippen molar-refractivity contribution in [3.8, 4) is 0 Å². The average molecular weight is 381 g/mol. The molecule has 2 aromatic rings. The van der Waals surface area contributed by atoms with Crippen LogP contribution in [0.2, 0.25) is 5.02 Å². The highest BCUT2D eigenvalue weighted by Gasteiger charge is 2.11. The Labute approximate surface area is 155 Å². The third kappa shape index (κ3) is 5.77. The van der Waals surface area contributed by atoms with Crippen molar-refractivity contribution in [2.75, 3.05) is 6.54 Å². The van der Waals surface area contributed by atoms with Gasteiger partial charge in [-0.05, 0) is 37.5 Å². The standard InChI is InChI=1S/C18H21ClN2O5/c1-11-7-15-13(9-14(11)19)12(8-17(23)26-15)10-25-16(22)5-3-2-4-6-21-18(20)24/h7-9H,2-6,10H2,1H3,(H3,20,21,24). The van der Waals surface area contributed by atoms with Crippen LogP contribution in [0.15, 0.2) is 27.4 Å². The predicted molar refractivity (Wildman–Crippen MR) is 98.1 cm³/mol. The van der Waals surface area contributed by atoms with Crippen LogP contribution in [0.1, 0.15) is 36.8 Å². The number of hydrogen-bond acceptors (Lipinski definition) is 5. The summed E-state index contributed by atoms with van der Waals surface area (Å²) in [6.07, 6.45) is 2.40. The first-order valence-corrected chi connectivity index (χ1v) is 8.66. The van der Waals surface area contributed by atoms with Crippen LogP contribution < -0.4 is 16.7 Å². The Hall–Kier alpha value is -2.54. The molecule has 0 aliphatic carbocycles. The summed E-state index contributed by atoms with van der Waals surface area (Å²) in [7, 11) is 0. The molecule has 0 bridgehead atoms. The van der Waals surface area contributed by atoms with Crippen molar-refractivity contribution in [3.63, 3.8) is 0 Å². The van der Waals surface area contributed by atoms with E-state index < -0.39 is 11.7 Å². The van der Waals surface area contributed by atoms with Gasteiger partial charge in [-0.2, -0.15) is 0 Å². The maximum absolute atomic E-state index is 11.9. The number of urea groups is 1. The summed E-state index contributed by atoms with van der Waals surface area (Å²) < 4.78 is 10.4. The molecule has 0 aliphatic rings. The third-order valence-corrected chi connectivity index (χ3v) is 4.26. The SMILES string of the molecule is Cc1cc2oc(=O)cc(COC(=O)CCCCCNC(N)=O)c2cc1Cl. The van der Waals surface area contributed by atoms with Gasteiger partial charge in [-0.1, -0.05) is 18.0 Å². The monoisotopic (exact) mass is 380 g/mol. The van der Waals surface area contributed by atoms with Crippen molar-refractivity contribution in [1.82, 2.24) is 5.32 Å². The summed E-state index contributed by atoms with van der Waals surface area (Å²) in [5.74, 6) is -0.354. The molecule has 0 saturated carbocycles. The van der Waals surface area contributed by atoms with Crippen molar-refractivity contribution >= 4 is 34.6 Å². The Kier molecular flexibility index (Phi) is 7.03. The van der Waals surface area contributed by atoms with E-state index in [4.69, 9.17) is 26.5 Å². The van der Waals surface area contributed by atoms with E-state index in [2.05, 4.69) is 5.32 Å². The van der Waals surface area contributed by atoms with Crippen molar-refractivity contribution in [1.29, 1.82) is 0 Å². The second kappa shape index (κ2) is 9.24. The minimum absolute atomic E-state index is 0.0243. The number of esters is 1. The molecule has 2 amide bonds. The number of primary amides is 1. The van der Waals surface area contributed by atoms with E-state index in [9.17, 15) is 14.4 Å². The number of nitrogens with two attached hydrogens (primary N) is 1. The van der Waals surface area contributed by atoms with Crippen LogP contribution >= 0.6 is 11.6 Å². The zero-order valence-electron chi connectivity index (χ0n) is 14.5. The first-order chi connectivity index (χ1) is 12.4. The van der Waals surface area contributed by atoms with Gasteiger partial charge in [-0.3, -0.25) is 4.79 Å². The van der Waals surface area contributed by atoms with E-state index in [1.165, 1.54) is 6.07 Å². The second-order valence-electron chi connectivity index (χ2n) is 5.95. The number of benzene rings is 1. The molecule has 0 spiro atoms. The fourth-order valence-corrected chi connectivity index (χ4v) is 2.64. The molecule has 0 saturated heterocycles. The summed E-state index contributed by atoms with van der Waals surface area (Å²) in [4.78, 5) is 34.1. The minimum atomic E-state index is -0.556. The summed E-state index contributed by atoms with van der Waals surface area (Å²) in [6.45, 7) is 2.27. The predicted octanol–water partition coefficient (Wildman–Crippen LogP) is 3.03. The molecular formula is C18H21ClN2O5. The minimum Gasteiger partial charge on any atom is -0.461 e. The molecule has 0 radical (unpaired) electrons. The zero-order chi connectivity index (χ0) is 19.1. The van der Waals surface area contributed by atoms with Crippen LogP contribution in [0.3, 0.4) is 0 Å². The Morgan fingerprint density at radius 2 is 2.00 bits per heavy atom. The fourth-order valence-electron chi connectivity index (χ4n) is 2.48. The van der Waals surface area contributed by atoms with Crippen LogP contribution in [0.5, 0.6) is 0 Å². The Morgan fingerprint density at radius 3 is 2.73 bits per heavy atom. The topological polar surface area (TPSA) is 112 Å². The normalized spacial score (nSPS) is 10.7. The molecule has 26 heavy (non-hydrogen) atoms. The van der Waals surface area contributed by atoms with Gasteiger partial charge in [-0.15, -0.1) is 0 Å². The highest BCUT2D eigenvalue weighted by atomic mass is 35.5. The first kappa shape index (κ1) is 19.8. The van der Waals surface area contributed by atoms with Gasteiger partial charge in [-0.25, -0.2) is 9.59 Å². The van der Waals surface area contributed by atoms with Gasteiger partial charge >= 0.3 is 17.6 Å². The number of fused-ring (bicyclic) bond motifs is 1. The molecule has 0 unspecified atom stereocenters. The molecule has 8 heteroatoms. The Morgan fingerprint density at radius 1 is 1.23 bits per heavy atom. The molecule has 3 N–H and O–H groups in total. The maximum Gasteiger partial charge on any atom is 0.336 e. The van der Waals surface area contributed by atoms with Gasteiger partial charge in [0.15, 0.2) is 0 Å². The molecule has 0 atom stereocenters. The van der Waals surface area contributed by atoms with Gasteiger partial charge in [0.05, 0.1) is 0 Å². The first-order valence-electron chi connectivity index (χ1n) is 8.28. The molecule has 140 valence electrons. The number of carbonyl (C=O) groups excluding carboxylic acids is 2. The number of ether oxygens (including phenoxy) is 1. The van der Waals surface area contributed by atoms with E-state index in [0.717, 1.165) is 18.4 Å². The zero-order valence-corrected chi connectivity index (χ0v) is 15.2. The van der Waals surface area contributed by atoms with Gasteiger partial charge in [0, 0.05) is 35.0 Å². The molecule has 0 fully saturated rings. The van der Waals surface area contributed by atoms with Crippen molar-refractivity contribution in [2.45, 2.75) is 39.2 Å². The summed E-state index contributed by atoms with van der Waals surface area (Å²) in [5, 5.41) is 3.67. The van der Waals surface area contributed by atoms with E-state index in [-0.39, 0.29) is 19.0 Å². The van der Waals surface area contributed by atoms with E-state index in [1.807, 2.05) is 6.92 Å². The van der Waals surface area contributed by atoms with Crippen LogP contribution in [0.4, 0.5) is 4.79 Å². The number of aryl methyl sites for hydroxylation is 1. The maximum atomic E-state index is 11.9. The molecule has 1 heterocycles. The molecular weight excluding hydrogens is 360 g/mol. The Balaban J connectivity index is 1.89. The second-order valence-corrected chi connectivity index (χ2v) is 6.36. The lowest BCUT2D eigenvalue weighted by molar-refractivity contribution is -0.145. The van der Waals surface area contributed by atoms with E-state index >= 15 is 0 Å². The van der Waals surface area contributed by atoms with Crippen molar-refractivity contribution in [3.05, 3.63) is 44.8 Å². The highest BCUT2D eigenvalue weighted by molar-refractivity contribution is 6.32. The van der Waals surface area contributed by atoms with Crippen LogP contribution in [-0.2, 0) is 16.1 Å². The van der Waals surface area contributed by atoms with Gasteiger partial charge in [0.25, 0.3) is 0 Å². The molecule has 1 aromatic carbocycles. The average Bonchev–Trinajstić information content (AvgIpc) is 2.57. The lowest BCUT2D eigenvalue weighted by Crippen LogP contribution is -2.29. The van der Waals surface area contributed by atoms with Gasteiger partial charge in [0.2, 0.25) is 0 Å². The summed E-state index contributed by atoms with van der Waals surface area (Å²) in [6, 6.07) is 4.13. The quantitative estimate of drug-likeness (QED) is 0.415. The smallest absolute Gasteiger partial charge is 0.336 e. The van der Waals surface area contributed by atoms with Crippen LogP contribution in [0, 0.1) is 6.92 Å². The lowest BCUT2D eigenvalue weighted by Gasteiger charge is -2.09. The number of rotatable bonds is 8. The van der Waals surface area contributed by atoms with Gasteiger partial charge < -0.3 is 20.2 Å². The van der Waals surface area contributed by atoms with Crippen molar-refractivity contribution in [2.24, 2.45) is 5.73 Å². The highest BCUT2D eigenvalue weighted by Crippen LogP contribution is 2.25. The van der Waals surface area contributed by atoms with E-state index in [0.29, 0.717) is 34.5 Å². The summed E-state index contributed by atoms with van der Waals surface area (Å²) in [5.41, 5.74) is 6.21. The third-order valence-electron chi connectivity index (χ3n) is 3.85. The Bertz CT molecular complexity index is 863. The van der Waals surface area contributed by atoms with Crippen molar-refractivity contribution < 1.29 is 18.7 Å². The number of nitrogens with one attached hydrogen (secondary N) is 1. The number of halogens is 1. The summed E-state index contributed by atoms with van der Waals surface area (Å²) >= 11 is 6.13. The lowest BCUT2D eigenvalue weighted by atomic mass is 10.1. The molecule has 2 rings (SSSR count). The number of carbonyl (C=O) groups is 2. The van der Waals surface area contributed by atoms with E-state index in [1.54, 1.807) is 12.1 Å². The number of amides is 2. The number of hydrogen-bond donors (Lipinski definition) is 2. The van der Waals surface area contributed by atoms with Gasteiger partial charge in [0.1, 0.15) is 12.2 Å². The fraction of sp³-hybridized carbons (Fsp3) is 0.389. The van der Waals surface area contributed by atoms with Crippen LogP contribution in [-0.4, -0.2) is 18.5 Å². The van der Waals surface area contributed by atoms with Crippen LogP contribution in [0.25, 0.3) is 11.0 Å². The molecule has 0 aliphatic heterocycles. The largest absolute Gasteiger partial charge is 0.461 e. The molecule has 1 aromatic heterocycles.